The van der Waals surface area contributed by atoms with Gasteiger partial charge >= 0.3 is 0 Å². The lowest BCUT2D eigenvalue weighted by molar-refractivity contribution is 0.172. The van der Waals surface area contributed by atoms with Gasteiger partial charge < -0.3 is 20.1 Å². The van der Waals surface area contributed by atoms with Gasteiger partial charge in [0.2, 0.25) is 0 Å². The number of hydrogen-bond donors (Lipinski definition) is 2. The third-order valence-electron chi connectivity index (χ3n) is 2.97. The summed E-state index contributed by atoms with van der Waals surface area (Å²) in [5.74, 6) is 1.74. The zero-order chi connectivity index (χ0) is 16.0. The molecule has 1 aromatic rings. The minimum absolute atomic E-state index is 0. The van der Waals surface area contributed by atoms with Crippen molar-refractivity contribution in [2.24, 2.45) is 4.99 Å². The van der Waals surface area contributed by atoms with E-state index in [9.17, 15) is 0 Å². The first-order valence-corrected chi connectivity index (χ1v) is 8.03. The van der Waals surface area contributed by atoms with Crippen molar-refractivity contribution in [3.8, 4) is 5.75 Å². The Morgan fingerprint density at radius 3 is 2.70 bits per heavy atom. The smallest absolute Gasteiger partial charge is 0.191 e. The van der Waals surface area contributed by atoms with Crippen LogP contribution in [-0.2, 0) is 11.3 Å². The fraction of sp³-hybridized carbons (Fsp3) is 0.588. The van der Waals surface area contributed by atoms with E-state index >= 15 is 0 Å². The number of benzene rings is 1. The summed E-state index contributed by atoms with van der Waals surface area (Å²) in [5.41, 5.74) is 1.14. The Morgan fingerprint density at radius 2 is 2.00 bits per heavy atom. The summed E-state index contributed by atoms with van der Waals surface area (Å²) >= 11 is 0. The summed E-state index contributed by atoms with van der Waals surface area (Å²) in [7, 11) is 1.70. The normalized spacial score (nSPS) is 10.8. The zero-order valence-corrected chi connectivity index (χ0v) is 16.8. The molecule has 0 spiro atoms. The third kappa shape index (κ3) is 10.4. The molecule has 1 rings (SSSR count). The highest BCUT2D eigenvalue weighted by Crippen LogP contribution is 2.14. The van der Waals surface area contributed by atoms with Crippen LogP contribution in [0.25, 0.3) is 0 Å². The molecule has 132 valence electrons. The largest absolute Gasteiger partial charge is 0.493 e. The first-order chi connectivity index (χ1) is 10.8. The lowest BCUT2D eigenvalue weighted by atomic mass is 10.2. The van der Waals surface area contributed by atoms with Crippen LogP contribution >= 0.6 is 24.0 Å². The van der Waals surface area contributed by atoms with Crippen molar-refractivity contribution in [1.29, 1.82) is 0 Å². The van der Waals surface area contributed by atoms with Crippen molar-refractivity contribution in [2.45, 2.75) is 33.2 Å². The van der Waals surface area contributed by atoms with Gasteiger partial charge in [-0.3, -0.25) is 0 Å². The van der Waals surface area contributed by atoms with E-state index in [1.807, 2.05) is 18.2 Å². The minimum atomic E-state index is 0. The molecule has 0 saturated heterocycles. The molecule has 1 aromatic carbocycles. The van der Waals surface area contributed by atoms with E-state index in [0.29, 0.717) is 13.2 Å². The third-order valence-corrected chi connectivity index (χ3v) is 2.97. The average Bonchev–Trinajstić information content (AvgIpc) is 2.54. The van der Waals surface area contributed by atoms with E-state index in [1.54, 1.807) is 7.11 Å². The number of guanidine groups is 1. The second-order valence-electron chi connectivity index (χ2n) is 4.96. The molecule has 0 radical (unpaired) electrons. The number of nitrogens with zero attached hydrogens (tertiary/aromatic N) is 1. The number of aliphatic imine (C=N–C) groups is 1. The summed E-state index contributed by atoms with van der Waals surface area (Å²) in [6, 6.07) is 8.08. The quantitative estimate of drug-likeness (QED) is 0.257. The van der Waals surface area contributed by atoms with Gasteiger partial charge in [0, 0.05) is 33.2 Å². The van der Waals surface area contributed by atoms with E-state index < -0.39 is 0 Å². The Morgan fingerprint density at radius 1 is 1.17 bits per heavy atom. The highest BCUT2D eigenvalue weighted by atomic mass is 127. The summed E-state index contributed by atoms with van der Waals surface area (Å²) < 4.78 is 10.7. The number of rotatable bonds is 10. The second kappa shape index (κ2) is 14.6. The van der Waals surface area contributed by atoms with Gasteiger partial charge in [-0.15, -0.1) is 24.0 Å². The van der Waals surface area contributed by atoms with Gasteiger partial charge in [0.1, 0.15) is 5.75 Å². The average molecular weight is 435 g/mol. The minimum Gasteiger partial charge on any atom is -0.493 e. The summed E-state index contributed by atoms with van der Waals surface area (Å²) in [4.78, 5) is 4.59. The molecule has 0 aromatic heterocycles. The molecular formula is C17H30IN3O2. The molecule has 23 heavy (non-hydrogen) atoms. The van der Waals surface area contributed by atoms with Crippen molar-refractivity contribution in [2.75, 3.05) is 33.4 Å². The summed E-state index contributed by atoms with van der Waals surface area (Å²) in [5, 5.41) is 6.54. The molecule has 5 nitrogen and oxygen atoms in total. The van der Waals surface area contributed by atoms with Crippen LogP contribution in [0.1, 0.15) is 32.3 Å². The Labute approximate surface area is 157 Å². The predicted octanol–water partition coefficient (Wildman–Crippen LogP) is 3.19. The number of methoxy groups -OCH3 is 1. The Kier molecular flexibility index (Phi) is 13.9. The topological polar surface area (TPSA) is 54.9 Å². The Hall–Kier alpha value is -1.02. The van der Waals surface area contributed by atoms with Crippen LogP contribution in [0, 0.1) is 0 Å². The molecule has 0 heterocycles. The highest BCUT2D eigenvalue weighted by Gasteiger charge is 1.99. The van der Waals surface area contributed by atoms with Gasteiger partial charge in [0.25, 0.3) is 0 Å². The maximum absolute atomic E-state index is 5.71. The van der Waals surface area contributed by atoms with Crippen molar-refractivity contribution >= 4 is 29.9 Å². The molecule has 0 saturated carbocycles. The molecule has 6 heteroatoms. The molecule has 0 aliphatic carbocycles. The van der Waals surface area contributed by atoms with Crippen LogP contribution in [0.5, 0.6) is 5.75 Å². The Balaban J connectivity index is 0.00000484. The van der Waals surface area contributed by atoms with Crippen LogP contribution in [0.2, 0.25) is 0 Å². The molecule has 0 aliphatic rings. The molecule has 2 N–H and O–H groups in total. The fourth-order valence-electron chi connectivity index (χ4n) is 1.88. The van der Waals surface area contributed by atoms with Gasteiger partial charge in [-0.1, -0.05) is 19.1 Å². The monoisotopic (exact) mass is 435 g/mol. The molecule has 0 bridgehead atoms. The fourth-order valence-corrected chi connectivity index (χ4v) is 1.88. The van der Waals surface area contributed by atoms with Gasteiger partial charge in [-0.2, -0.15) is 0 Å². The number of nitrogens with one attached hydrogen (secondary N) is 2. The molecule has 0 aliphatic heterocycles. The lowest BCUT2D eigenvalue weighted by Gasteiger charge is -2.11. The first kappa shape index (κ1) is 22.0. The molecule has 0 amide bonds. The number of halogens is 1. The van der Waals surface area contributed by atoms with Crippen LogP contribution in [-0.4, -0.2) is 39.4 Å². The molecule has 0 atom stereocenters. The van der Waals surface area contributed by atoms with Gasteiger partial charge in [-0.05, 0) is 31.0 Å². The lowest BCUT2D eigenvalue weighted by Crippen LogP contribution is -2.37. The SMILES string of the molecule is CCCNC(=NCc1cccc(OCCCOC)c1)NCC.I. The van der Waals surface area contributed by atoms with Crippen LogP contribution in [0.15, 0.2) is 29.3 Å². The van der Waals surface area contributed by atoms with E-state index in [1.165, 1.54) is 0 Å². The van der Waals surface area contributed by atoms with E-state index in [2.05, 4.69) is 35.5 Å². The maximum atomic E-state index is 5.71. The van der Waals surface area contributed by atoms with Crippen molar-refractivity contribution < 1.29 is 9.47 Å². The molecule has 0 fully saturated rings. The van der Waals surface area contributed by atoms with E-state index in [0.717, 1.165) is 49.8 Å². The van der Waals surface area contributed by atoms with Crippen LogP contribution < -0.4 is 15.4 Å². The predicted molar refractivity (Wildman–Crippen MR) is 107 cm³/mol. The summed E-state index contributed by atoms with van der Waals surface area (Å²) in [6.07, 6.45) is 1.97. The number of hydrogen-bond acceptors (Lipinski definition) is 3. The molecule has 0 unspecified atom stereocenters. The standard InChI is InChI=1S/C17H29N3O2.HI/c1-4-10-19-17(18-5-2)20-14-15-8-6-9-16(13-15)22-12-7-11-21-3;/h6,8-9,13H,4-5,7,10-12,14H2,1-3H3,(H2,18,19,20);1H. The highest BCUT2D eigenvalue weighted by molar-refractivity contribution is 14.0. The van der Waals surface area contributed by atoms with E-state index in [-0.39, 0.29) is 24.0 Å². The van der Waals surface area contributed by atoms with Crippen molar-refractivity contribution in [3.63, 3.8) is 0 Å². The van der Waals surface area contributed by atoms with E-state index in [4.69, 9.17) is 9.47 Å². The van der Waals surface area contributed by atoms with Gasteiger partial charge in [0.05, 0.1) is 13.2 Å². The maximum Gasteiger partial charge on any atom is 0.191 e. The summed E-state index contributed by atoms with van der Waals surface area (Å²) in [6.45, 7) is 8.01. The van der Waals surface area contributed by atoms with Crippen LogP contribution in [0.3, 0.4) is 0 Å². The first-order valence-electron chi connectivity index (χ1n) is 8.03. The zero-order valence-electron chi connectivity index (χ0n) is 14.4. The number of ether oxygens (including phenoxy) is 2. The van der Waals surface area contributed by atoms with Gasteiger partial charge in [0.15, 0.2) is 5.96 Å². The van der Waals surface area contributed by atoms with Crippen LogP contribution in [0.4, 0.5) is 0 Å². The molecular weight excluding hydrogens is 405 g/mol. The van der Waals surface area contributed by atoms with Crippen molar-refractivity contribution in [1.82, 2.24) is 10.6 Å². The Bertz CT molecular complexity index is 442. The van der Waals surface area contributed by atoms with Gasteiger partial charge in [-0.25, -0.2) is 4.99 Å². The van der Waals surface area contributed by atoms with Crippen molar-refractivity contribution in [3.05, 3.63) is 29.8 Å². The second-order valence-corrected chi connectivity index (χ2v) is 4.96.